The lowest BCUT2D eigenvalue weighted by Gasteiger charge is -2.37. The number of carbonyl (C=O) groups is 1. The third kappa shape index (κ3) is 4.50. The molecule has 32 heavy (non-hydrogen) atoms. The lowest BCUT2D eigenvalue weighted by atomic mass is 9.85. The Bertz CT molecular complexity index is 1070. The average Bonchev–Trinajstić information content (AvgIpc) is 3.25. The summed E-state index contributed by atoms with van der Waals surface area (Å²) in [6, 6.07) is 10.0. The number of nitrogens with zero attached hydrogens (tertiary/aromatic N) is 7. The fourth-order valence-electron chi connectivity index (χ4n) is 4.73. The molecule has 3 heterocycles. The molecule has 168 valence electrons. The van der Waals surface area contributed by atoms with Crippen LogP contribution in [-0.4, -0.2) is 84.7 Å². The highest BCUT2D eigenvalue weighted by Crippen LogP contribution is 2.27. The number of anilines is 1. The van der Waals surface area contributed by atoms with Gasteiger partial charge in [0.15, 0.2) is 5.82 Å². The number of amides is 1. The number of piperazine rings is 1. The van der Waals surface area contributed by atoms with Gasteiger partial charge in [-0.1, -0.05) is 17.3 Å². The summed E-state index contributed by atoms with van der Waals surface area (Å²) < 4.78 is 1.74. The zero-order valence-electron chi connectivity index (χ0n) is 18.0. The first kappa shape index (κ1) is 20.6. The molecule has 5 rings (SSSR count). The smallest absolute Gasteiger partial charge is 0.407 e. The highest BCUT2D eigenvalue weighted by atomic mass is 16.4. The Morgan fingerprint density at radius 2 is 1.84 bits per heavy atom. The van der Waals surface area contributed by atoms with Crippen molar-refractivity contribution in [2.24, 2.45) is 5.92 Å². The first-order chi connectivity index (χ1) is 15.7. The summed E-state index contributed by atoms with van der Waals surface area (Å²) in [4.78, 5) is 24.1. The summed E-state index contributed by atoms with van der Waals surface area (Å²) in [5.41, 5.74) is 1.75. The molecule has 0 unspecified atom stereocenters. The zero-order chi connectivity index (χ0) is 21.9. The Hall–Kier alpha value is -3.27. The monoisotopic (exact) mass is 436 g/mol. The van der Waals surface area contributed by atoms with Crippen LogP contribution in [0.5, 0.6) is 0 Å². The number of benzene rings is 1. The van der Waals surface area contributed by atoms with Gasteiger partial charge in [-0.05, 0) is 43.7 Å². The van der Waals surface area contributed by atoms with Gasteiger partial charge in [0.05, 0.1) is 5.52 Å². The number of hydrogen-bond acceptors (Lipinski definition) is 7. The summed E-state index contributed by atoms with van der Waals surface area (Å²) in [5, 5.41) is 21.0. The summed E-state index contributed by atoms with van der Waals surface area (Å²) >= 11 is 0. The van der Waals surface area contributed by atoms with Gasteiger partial charge in [0, 0.05) is 51.0 Å². The van der Waals surface area contributed by atoms with Crippen molar-refractivity contribution in [1.29, 1.82) is 0 Å². The molecule has 1 saturated carbocycles. The average molecular weight is 437 g/mol. The lowest BCUT2D eigenvalue weighted by molar-refractivity contribution is 0.0937. The van der Waals surface area contributed by atoms with Crippen LogP contribution in [-0.2, 0) is 0 Å². The van der Waals surface area contributed by atoms with E-state index in [0.29, 0.717) is 36.8 Å². The largest absolute Gasteiger partial charge is 0.465 e. The third-order valence-electron chi connectivity index (χ3n) is 6.55. The highest BCUT2D eigenvalue weighted by Gasteiger charge is 2.26. The number of nitrogens with one attached hydrogen (secondary N) is 1. The number of hydrogen-bond donors (Lipinski definition) is 2. The zero-order valence-corrected chi connectivity index (χ0v) is 18.0. The summed E-state index contributed by atoms with van der Waals surface area (Å²) in [6.07, 6.45) is 5.43. The first-order valence-corrected chi connectivity index (χ1v) is 11.3. The minimum absolute atomic E-state index is 0.359. The molecule has 0 atom stereocenters. The van der Waals surface area contributed by atoms with Gasteiger partial charge in [-0.25, -0.2) is 9.78 Å². The van der Waals surface area contributed by atoms with Crippen LogP contribution in [0.4, 0.5) is 10.7 Å². The fraction of sp³-hybridized carbons (Fsp3) is 0.500. The second kappa shape index (κ2) is 9.07. The van der Waals surface area contributed by atoms with Crippen molar-refractivity contribution in [2.75, 3.05) is 38.0 Å². The number of carboxylic acid groups (broad SMARTS) is 1. The van der Waals surface area contributed by atoms with Gasteiger partial charge in [0.25, 0.3) is 0 Å². The molecule has 2 aromatic heterocycles. The molecule has 0 spiro atoms. The summed E-state index contributed by atoms with van der Waals surface area (Å²) in [7, 11) is 0. The van der Waals surface area contributed by atoms with E-state index >= 15 is 0 Å². The Balaban J connectivity index is 1.14. The molecule has 1 saturated heterocycles. The van der Waals surface area contributed by atoms with E-state index in [2.05, 4.69) is 30.5 Å². The topological polar surface area (TPSA) is 112 Å². The molecule has 10 heteroatoms. The van der Waals surface area contributed by atoms with Crippen molar-refractivity contribution in [3.8, 4) is 5.82 Å². The quantitative estimate of drug-likeness (QED) is 0.627. The maximum Gasteiger partial charge on any atom is 0.407 e. The Kier molecular flexibility index (Phi) is 5.85. The van der Waals surface area contributed by atoms with Gasteiger partial charge in [0.1, 0.15) is 5.52 Å². The molecule has 0 bridgehead atoms. The molecule has 1 aliphatic heterocycles. The number of rotatable bonds is 5. The molecule has 0 radical (unpaired) electrons. The molecule has 3 aromatic rings. The molecular weight excluding hydrogens is 408 g/mol. The van der Waals surface area contributed by atoms with E-state index < -0.39 is 6.09 Å². The second-order valence-corrected chi connectivity index (χ2v) is 8.66. The van der Waals surface area contributed by atoms with Crippen molar-refractivity contribution < 1.29 is 9.90 Å². The SMILES string of the molecule is O=C(O)N1CCN(CC2CCC(Nc3nccc(-n4nnc5ccccc54)n3)CC2)CC1. The van der Waals surface area contributed by atoms with E-state index in [1.54, 1.807) is 10.9 Å². The summed E-state index contributed by atoms with van der Waals surface area (Å²) in [6.45, 7) is 3.96. The Morgan fingerprint density at radius 3 is 2.62 bits per heavy atom. The minimum atomic E-state index is -0.806. The van der Waals surface area contributed by atoms with Crippen molar-refractivity contribution >= 4 is 23.1 Å². The van der Waals surface area contributed by atoms with Crippen molar-refractivity contribution in [1.82, 2.24) is 34.8 Å². The molecule has 2 N–H and O–H groups in total. The first-order valence-electron chi connectivity index (χ1n) is 11.3. The molecular formula is C22H28N8O2. The second-order valence-electron chi connectivity index (χ2n) is 8.66. The minimum Gasteiger partial charge on any atom is -0.465 e. The van der Waals surface area contributed by atoms with E-state index in [-0.39, 0.29) is 0 Å². The van der Waals surface area contributed by atoms with Crippen LogP contribution < -0.4 is 5.32 Å². The van der Waals surface area contributed by atoms with E-state index in [1.807, 2.05) is 30.3 Å². The standard InChI is InChI=1S/C22H28N8O2/c31-22(32)29-13-11-28(12-14-29)15-16-5-7-17(8-6-16)24-21-23-10-9-20(25-21)30-19-4-2-1-3-18(19)26-27-30/h1-4,9-10,16-17H,5-8,11-15H2,(H,31,32)(H,23,24,25). The number of fused-ring (bicyclic) bond motifs is 1. The predicted molar refractivity (Wildman–Crippen MR) is 120 cm³/mol. The van der Waals surface area contributed by atoms with Gasteiger partial charge in [-0.15, -0.1) is 5.10 Å². The third-order valence-corrected chi connectivity index (χ3v) is 6.55. The summed E-state index contributed by atoms with van der Waals surface area (Å²) in [5.74, 6) is 1.99. The molecule has 1 amide bonds. The maximum absolute atomic E-state index is 11.1. The maximum atomic E-state index is 11.1. The van der Waals surface area contributed by atoms with Crippen LogP contribution in [0.2, 0.25) is 0 Å². The van der Waals surface area contributed by atoms with Gasteiger partial charge >= 0.3 is 6.09 Å². The Labute approximate surface area is 186 Å². The Morgan fingerprint density at radius 1 is 1.06 bits per heavy atom. The molecule has 10 nitrogen and oxygen atoms in total. The van der Waals surface area contributed by atoms with E-state index in [1.165, 1.54) is 4.90 Å². The van der Waals surface area contributed by atoms with Crippen LogP contribution in [0.1, 0.15) is 25.7 Å². The van der Waals surface area contributed by atoms with E-state index in [9.17, 15) is 4.79 Å². The lowest BCUT2D eigenvalue weighted by Crippen LogP contribution is -2.49. The van der Waals surface area contributed by atoms with Crippen LogP contribution >= 0.6 is 0 Å². The normalized spacial score (nSPS) is 22.2. The van der Waals surface area contributed by atoms with E-state index in [0.717, 1.165) is 56.4 Å². The fourth-order valence-corrected chi connectivity index (χ4v) is 4.73. The molecule has 2 aliphatic rings. The molecule has 2 fully saturated rings. The van der Waals surface area contributed by atoms with Crippen molar-refractivity contribution in [2.45, 2.75) is 31.7 Å². The molecule has 1 aromatic carbocycles. The van der Waals surface area contributed by atoms with Crippen LogP contribution in [0.3, 0.4) is 0 Å². The van der Waals surface area contributed by atoms with Gasteiger partial charge in [-0.2, -0.15) is 9.67 Å². The van der Waals surface area contributed by atoms with Gasteiger partial charge < -0.3 is 15.3 Å². The van der Waals surface area contributed by atoms with Crippen molar-refractivity contribution in [3.63, 3.8) is 0 Å². The predicted octanol–water partition coefficient (Wildman–Crippen LogP) is 2.48. The number of para-hydroxylation sites is 1. The van der Waals surface area contributed by atoms with Gasteiger partial charge in [0.2, 0.25) is 5.95 Å². The van der Waals surface area contributed by atoms with Crippen LogP contribution in [0.15, 0.2) is 36.5 Å². The highest BCUT2D eigenvalue weighted by molar-refractivity contribution is 5.75. The molecule has 1 aliphatic carbocycles. The number of aromatic nitrogens is 5. The van der Waals surface area contributed by atoms with Gasteiger partial charge in [-0.3, -0.25) is 4.90 Å². The van der Waals surface area contributed by atoms with Crippen LogP contribution in [0, 0.1) is 5.92 Å². The van der Waals surface area contributed by atoms with Crippen LogP contribution in [0.25, 0.3) is 16.9 Å². The van der Waals surface area contributed by atoms with E-state index in [4.69, 9.17) is 5.11 Å². The van der Waals surface area contributed by atoms with Crippen molar-refractivity contribution in [3.05, 3.63) is 36.5 Å².